The van der Waals surface area contributed by atoms with Crippen molar-refractivity contribution in [2.45, 2.75) is 19.9 Å². The van der Waals surface area contributed by atoms with Crippen molar-refractivity contribution in [1.82, 2.24) is 9.88 Å². The number of thiazole rings is 1. The number of carbonyl (C=O) groups is 2. The minimum absolute atomic E-state index is 0.0110. The van der Waals surface area contributed by atoms with Crippen molar-refractivity contribution in [2.24, 2.45) is 0 Å². The molecule has 188 valence electrons. The summed E-state index contributed by atoms with van der Waals surface area (Å²) < 4.78 is 6.23. The van der Waals surface area contributed by atoms with E-state index in [4.69, 9.17) is 9.72 Å². The lowest BCUT2D eigenvalue weighted by molar-refractivity contribution is -0.384. The van der Waals surface area contributed by atoms with Gasteiger partial charge in [-0.05, 0) is 54.8 Å². The molecule has 1 aliphatic heterocycles. The summed E-state index contributed by atoms with van der Waals surface area (Å²) in [5.74, 6) is -0.332. The zero-order valence-corrected chi connectivity index (χ0v) is 21.4. The van der Waals surface area contributed by atoms with Gasteiger partial charge >= 0.3 is 6.09 Å². The van der Waals surface area contributed by atoms with E-state index in [0.717, 1.165) is 31.2 Å². The second-order valence-corrected chi connectivity index (χ2v) is 10.4. The van der Waals surface area contributed by atoms with Crippen LogP contribution >= 0.6 is 22.7 Å². The standard InChI is InChI=1S/C26H22N4O5S2/c1-2-35-26(32)29-14-13-18-21(15-29)37-25(23(18)24-27-19-5-3-4-6-20(19)36-24)28-22(31)12-9-16-7-10-17(11-8-16)30(33)34/h3-12H,2,13-15H2,1H3,(H,28,31). The molecular formula is C26H22N4O5S2. The van der Waals surface area contributed by atoms with Crippen LogP contribution in [0.4, 0.5) is 15.5 Å². The van der Waals surface area contributed by atoms with Crippen LogP contribution in [0.1, 0.15) is 22.9 Å². The number of nitro benzene ring substituents is 1. The molecular weight excluding hydrogens is 512 g/mol. The number of anilines is 1. The quantitative estimate of drug-likeness (QED) is 0.182. The molecule has 5 rings (SSSR count). The molecule has 0 saturated carbocycles. The number of fused-ring (bicyclic) bond motifs is 2. The topological polar surface area (TPSA) is 115 Å². The third-order valence-corrected chi connectivity index (χ3v) is 8.04. The Morgan fingerprint density at radius 3 is 2.70 bits per heavy atom. The van der Waals surface area contributed by atoms with E-state index in [1.54, 1.807) is 41.4 Å². The lowest BCUT2D eigenvalue weighted by Gasteiger charge is -2.26. The Balaban J connectivity index is 1.45. The lowest BCUT2D eigenvalue weighted by Crippen LogP contribution is -2.35. The number of benzene rings is 2. The number of carbonyl (C=O) groups excluding carboxylic acids is 2. The lowest BCUT2D eigenvalue weighted by atomic mass is 10.0. The summed E-state index contributed by atoms with van der Waals surface area (Å²) in [5, 5.41) is 15.3. The molecule has 0 saturated heterocycles. The third-order valence-electron chi connectivity index (χ3n) is 5.86. The summed E-state index contributed by atoms with van der Waals surface area (Å²) >= 11 is 3.00. The zero-order valence-electron chi connectivity index (χ0n) is 19.8. The monoisotopic (exact) mass is 534 g/mol. The number of nitrogens with one attached hydrogen (secondary N) is 1. The molecule has 2 aromatic heterocycles. The number of aromatic nitrogens is 1. The van der Waals surface area contributed by atoms with E-state index in [-0.39, 0.29) is 17.7 Å². The van der Waals surface area contributed by atoms with E-state index in [9.17, 15) is 19.7 Å². The first-order valence-electron chi connectivity index (χ1n) is 11.6. The number of hydrogen-bond donors (Lipinski definition) is 1. The normalized spacial score (nSPS) is 13.1. The van der Waals surface area contributed by atoms with Crippen LogP contribution < -0.4 is 5.32 Å². The van der Waals surface area contributed by atoms with Crippen molar-refractivity contribution in [3.63, 3.8) is 0 Å². The maximum absolute atomic E-state index is 12.9. The largest absolute Gasteiger partial charge is 0.450 e. The molecule has 4 aromatic rings. The van der Waals surface area contributed by atoms with Crippen molar-refractivity contribution in [2.75, 3.05) is 18.5 Å². The molecule has 37 heavy (non-hydrogen) atoms. The number of thiophene rings is 1. The molecule has 2 aromatic carbocycles. The Hall–Kier alpha value is -4.09. The molecule has 9 nitrogen and oxygen atoms in total. The summed E-state index contributed by atoms with van der Waals surface area (Å²) in [5.41, 5.74) is 3.52. The molecule has 1 N–H and O–H groups in total. The van der Waals surface area contributed by atoms with Gasteiger partial charge in [0.15, 0.2) is 0 Å². The summed E-state index contributed by atoms with van der Waals surface area (Å²) in [4.78, 5) is 43.1. The number of amides is 2. The summed E-state index contributed by atoms with van der Waals surface area (Å²) in [6.45, 7) is 3.02. The molecule has 0 atom stereocenters. The van der Waals surface area contributed by atoms with E-state index in [1.165, 1.54) is 29.5 Å². The van der Waals surface area contributed by atoms with Gasteiger partial charge in [-0.2, -0.15) is 0 Å². The van der Waals surface area contributed by atoms with Gasteiger partial charge in [0.2, 0.25) is 5.91 Å². The predicted octanol–water partition coefficient (Wildman–Crippen LogP) is 6.10. The first-order valence-corrected chi connectivity index (χ1v) is 13.2. The number of non-ortho nitro benzene ring substituents is 1. The number of hydrogen-bond acceptors (Lipinski definition) is 8. The maximum Gasteiger partial charge on any atom is 0.410 e. The van der Waals surface area contributed by atoms with Crippen LogP contribution in [0.25, 0.3) is 26.9 Å². The molecule has 0 bridgehead atoms. The summed E-state index contributed by atoms with van der Waals surface area (Å²) in [7, 11) is 0. The Kier molecular flexibility index (Phi) is 6.97. The number of para-hydroxylation sites is 1. The third kappa shape index (κ3) is 5.23. The van der Waals surface area contributed by atoms with Gasteiger partial charge in [-0.25, -0.2) is 9.78 Å². The number of nitro groups is 1. The summed E-state index contributed by atoms with van der Waals surface area (Å²) in [6.07, 6.45) is 3.28. The van der Waals surface area contributed by atoms with Gasteiger partial charge in [0, 0.05) is 35.2 Å². The van der Waals surface area contributed by atoms with E-state index in [2.05, 4.69) is 5.32 Å². The van der Waals surface area contributed by atoms with Gasteiger partial charge in [0.1, 0.15) is 10.0 Å². The van der Waals surface area contributed by atoms with Crippen LogP contribution in [0.2, 0.25) is 0 Å². The Labute approximate surface area is 220 Å². The molecule has 0 aliphatic carbocycles. The number of nitrogens with zero attached hydrogens (tertiary/aromatic N) is 3. The van der Waals surface area contributed by atoms with Crippen LogP contribution in [-0.2, 0) is 22.5 Å². The molecule has 0 spiro atoms. The minimum atomic E-state index is -0.467. The predicted molar refractivity (Wildman–Crippen MR) is 145 cm³/mol. The SMILES string of the molecule is CCOC(=O)N1CCc2c(sc(NC(=O)C=Cc3ccc([N+](=O)[O-])cc3)c2-c2nc3ccccc3s2)C1. The van der Waals surface area contributed by atoms with Gasteiger partial charge in [-0.3, -0.25) is 14.9 Å². The van der Waals surface area contributed by atoms with Gasteiger partial charge < -0.3 is 15.0 Å². The van der Waals surface area contributed by atoms with Crippen LogP contribution in [-0.4, -0.2) is 40.0 Å². The highest BCUT2D eigenvalue weighted by atomic mass is 32.1. The minimum Gasteiger partial charge on any atom is -0.450 e. The van der Waals surface area contributed by atoms with Crippen LogP contribution in [0.5, 0.6) is 0 Å². The molecule has 0 fully saturated rings. The Morgan fingerprint density at radius 1 is 1.19 bits per heavy atom. The van der Waals surface area contributed by atoms with E-state index in [1.807, 2.05) is 24.3 Å². The fourth-order valence-electron chi connectivity index (χ4n) is 4.10. The van der Waals surface area contributed by atoms with Crippen LogP contribution in [0.3, 0.4) is 0 Å². The zero-order chi connectivity index (χ0) is 25.9. The van der Waals surface area contributed by atoms with Crippen molar-refractivity contribution >= 4 is 61.7 Å². The Bertz CT molecular complexity index is 1490. The van der Waals surface area contributed by atoms with Gasteiger partial charge in [-0.15, -0.1) is 22.7 Å². The first kappa shape index (κ1) is 24.6. The second-order valence-electron chi connectivity index (χ2n) is 8.24. The van der Waals surface area contributed by atoms with Gasteiger partial charge in [0.05, 0.1) is 28.3 Å². The van der Waals surface area contributed by atoms with E-state index in [0.29, 0.717) is 36.7 Å². The second kappa shape index (κ2) is 10.5. The summed E-state index contributed by atoms with van der Waals surface area (Å²) in [6, 6.07) is 13.8. The average molecular weight is 535 g/mol. The highest BCUT2D eigenvalue weighted by molar-refractivity contribution is 7.23. The average Bonchev–Trinajstić information content (AvgIpc) is 3.47. The number of ether oxygens (including phenoxy) is 1. The smallest absolute Gasteiger partial charge is 0.410 e. The van der Waals surface area contributed by atoms with Crippen molar-refractivity contribution in [3.05, 3.63) is 80.7 Å². The molecule has 0 radical (unpaired) electrons. The molecule has 11 heteroatoms. The molecule has 0 unspecified atom stereocenters. The Morgan fingerprint density at radius 2 is 1.97 bits per heavy atom. The highest BCUT2D eigenvalue weighted by Crippen LogP contribution is 2.45. The van der Waals surface area contributed by atoms with Crippen LogP contribution in [0, 0.1) is 10.1 Å². The van der Waals surface area contributed by atoms with Crippen molar-refractivity contribution < 1.29 is 19.2 Å². The first-order chi connectivity index (χ1) is 17.9. The number of rotatable bonds is 6. The van der Waals surface area contributed by atoms with E-state index >= 15 is 0 Å². The van der Waals surface area contributed by atoms with Gasteiger partial charge in [0.25, 0.3) is 5.69 Å². The van der Waals surface area contributed by atoms with Crippen molar-refractivity contribution in [3.8, 4) is 10.6 Å². The van der Waals surface area contributed by atoms with Crippen LogP contribution in [0.15, 0.2) is 54.6 Å². The van der Waals surface area contributed by atoms with Crippen molar-refractivity contribution in [1.29, 1.82) is 0 Å². The van der Waals surface area contributed by atoms with E-state index < -0.39 is 4.92 Å². The van der Waals surface area contributed by atoms with Gasteiger partial charge in [-0.1, -0.05) is 12.1 Å². The molecule has 1 aliphatic rings. The fraction of sp³-hybridized carbons (Fsp3) is 0.192. The highest BCUT2D eigenvalue weighted by Gasteiger charge is 2.29. The molecule has 3 heterocycles. The maximum atomic E-state index is 12.9. The fourth-order valence-corrected chi connectivity index (χ4v) is 6.48. The molecule has 2 amide bonds.